The van der Waals surface area contributed by atoms with Crippen molar-refractivity contribution in [3.05, 3.63) is 36.4 Å². The van der Waals surface area contributed by atoms with E-state index >= 15 is 0 Å². The Kier molecular flexibility index (Phi) is 7.45. The largest absolute Gasteiger partial charge is 0.462 e. The van der Waals surface area contributed by atoms with E-state index in [1.165, 1.54) is 6.92 Å². The Morgan fingerprint density at radius 2 is 1.43 bits per heavy atom. The molecule has 2 fully saturated rings. The highest BCUT2D eigenvalue weighted by Gasteiger charge is 2.47. The standard InChI is InChI=1S/C20H28O10/c1-3-10-4-6-11(7-5-10)29-20-18(26)16(24)14(22)12(30-20)8-27-19-17(25)15(23)13(21)9(2)28-19/h3-7,9,12-26H,1,8H2,2H3/t9-,12+,13-,14+,15+,16-,17+,18+,19+,20+/m0/s1. The van der Waals surface area contributed by atoms with Gasteiger partial charge in [0.25, 0.3) is 0 Å². The summed E-state index contributed by atoms with van der Waals surface area (Å²) in [5, 5.41) is 60.2. The summed E-state index contributed by atoms with van der Waals surface area (Å²) in [4.78, 5) is 0. The number of hydrogen-bond donors (Lipinski definition) is 6. The van der Waals surface area contributed by atoms with Crippen LogP contribution in [0.4, 0.5) is 0 Å². The first kappa shape index (κ1) is 23.1. The Hall–Kier alpha value is -1.60. The molecule has 0 aromatic heterocycles. The van der Waals surface area contributed by atoms with Gasteiger partial charge in [-0.15, -0.1) is 0 Å². The minimum atomic E-state index is -1.58. The minimum Gasteiger partial charge on any atom is -0.462 e. The van der Waals surface area contributed by atoms with Crippen molar-refractivity contribution in [3.8, 4) is 5.75 Å². The molecule has 6 N–H and O–H groups in total. The molecular weight excluding hydrogens is 400 g/mol. The van der Waals surface area contributed by atoms with Crippen molar-refractivity contribution in [2.75, 3.05) is 6.61 Å². The summed E-state index contributed by atoms with van der Waals surface area (Å²) in [6.07, 6.45) is -11.7. The molecule has 1 aromatic carbocycles. The molecule has 0 aliphatic carbocycles. The van der Waals surface area contributed by atoms with E-state index in [1.807, 2.05) is 0 Å². The molecule has 0 bridgehead atoms. The molecule has 0 saturated carbocycles. The van der Waals surface area contributed by atoms with Gasteiger partial charge in [-0.25, -0.2) is 0 Å². The van der Waals surface area contributed by atoms with Gasteiger partial charge in [-0.2, -0.15) is 0 Å². The zero-order chi connectivity index (χ0) is 22.0. The number of aliphatic hydroxyl groups is 6. The highest BCUT2D eigenvalue weighted by atomic mass is 16.7. The van der Waals surface area contributed by atoms with Gasteiger partial charge in [-0.1, -0.05) is 24.8 Å². The topological polar surface area (TPSA) is 158 Å². The van der Waals surface area contributed by atoms with Crippen LogP contribution in [0.15, 0.2) is 30.8 Å². The van der Waals surface area contributed by atoms with Gasteiger partial charge in [0, 0.05) is 0 Å². The SMILES string of the molecule is C=Cc1ccc(O[C@@H]2O[C@H](CO[C@@H]3O[C@@H](C)[C@H](O)[C@@H](O)[C@H]3O)[C@@H](O)[C@H](O)[C@H]2O)cc1. The van der Waals surface area contributed by atoms with Gasteiger partial charge < -0.3 is 49.6 Å². The lowest BCUT2D eigenvalue weighted by Gasteiger charge is -2.42. The van der Waals surface area contributed by atoms with Crippen LogP contribution >= 0.6 is 0 Å². The molecular formula is C20H28O10. The Morgan fingerprint density at radius 1 is 0.833 bits per heavy atom. The predicted molar refractivity (Wildman–Crippen MR) is 102 cm³/mol. The lowest BCUT2D eigenvalue weighted by Crippen LogP contribution is -2.61. The second-order valence-electron chi connectivity index (χ2n) is 7.42. The molecule has 0 radical (unpaired) electrons. The lowest BCUT2D eigenvalue weighted by atomic mass is 9.98. The third-order valence-electron chi connectivity index (χ3n) is 5.27. The molecule has 30 heavy (non-hydrogen) atoms. The third-order valence-corrected chi connectivity index (χ3v) is 5.27. The van der Waals surface area contributed by atoms with E-state index in [0.717, 1.165) is 5.56 Å². The molecule has 2 heterocycles. The summed E-state index contributed by atoms with van der Waals surface area (Å²) in [6.45, 7) is 4.81. The van der Waals surface area contributed by atoms with Gasteiger partial charge in [0.2, 0.25) is 6.29 Å². The number of ether oxygens (including phenoxy) is 4. The van der Waals surface area contributed by atoms with E-state index in [9.17, 15) is 30.6 Å². The maximum absolute atomic E-state index is 10.2. The summed E-state index contributed by atoms with van der Waals surface area (Å²) >= 11 is 0. The summed E-state index contributed by atoms with van der Waals surface area (Å²) in [5.41, 5.74) is 0.863. The lowest BCUT2D eigenvalue weighted by molar-refractivity contribution is -0.318. The molecule has 0 unspecified atom stereocenters. The highest BCUT2D eigenvalue weighted by Crippen LogP contribution is 2.27. The first-order chi connectivity index (χ1) is 14.2. The summed E-state index contributed by atoms with van der Waals surface area (Å²) in [5.74, 6) is 0.366. The van der Waals surface area contributed by atoms with Gasteiger partial charge >= 0.3 is 0 Å². The second-order valence-corrected chi connectivity index (χ2v) is 7.42. The van der Waals surface area contributed by atoms with Crippen molar-refractivity contribution in [2.45, 2.75) is 68.3 Å². The first-order valence-corrected chi connectivity index (χ1v) is 9.63. The van der Waals surface area contributed by atoms with Crippen molar-refractivity contribution in [2.24, 2.45) is 0 Å². The van der Waals surface area contributed by atoms with E-state index in [4.69, 9.17) is 18.9 Å². The zero-order valence-electron chi connectivity index (χ0n) is 16.4. The molecule has 10 atom stereocenters. The molecule has 0 amide bonds. The van der Waals surface area contributed by atoms with Crippen LogP contribution in [-0.2, 0) is 14.2 Å². The smallest absolute Gasteiger partial charge is 0.229 e. The number of hydrogen-bond acceptors (Lipinski definition) is 10. The van der Waals surface area contributed by atoms with Crippen LogP contribution in [0.3, 0.4) is 0 Å². The maximum atomic E-state index is 10.2. The predicted octanol–water partition coefficient (Wildman–Crippen LogP) is -1.64. The fraction of sp³-hybridized carbons (Fsp3) is 0.600. The Labute approximate surface area is 173 Å². The average molecular weight is 428 g/mol. The fourth-order valence-electron chi connectivity index (χ4n) is 3.31. The van der Waals surface area contributed by atoms with E-state index in [2.05, 4.69) is 6.58 Å². The molecule has 168 valence electrons. The van der Waals surface area contributed by atoms with E-state index in [0.29, 0.717) is 5.75 Å². The first-order valence-electron chi connectivity index (χ1n) is 9.63. The van der Waals surface area contributed by atoms with Crippen LogP contribution in [0.5, 0.6) is 5.75 Å². The third kappa shape index (κ3) is 4.83. The van der Waals surface area contributed by atoms with E-state index in [1.54, 1.807) is 30.3 Å². The molecule has 2 saturated heterocycles. The van der Waals surface area contributed by atoms with E-state index in [-0.39, 0.29) is 6.61 Å². The summed E-state index contributed by atoms with van der Waals surface area (Å²) < 4.78 is 21.9. The van der Waals surface area contributed by atoms with Crippen molar-refractivity contribution < 1.29 is 49.6 Å². The normalized spacial score (nSPS) is 42.0. The average Bonchev–Trinajstić information content (AvgIpc) is 2.75. The summed E-state index contributed by atoms with van der Waals surface area (Å²) in [6, 6.07) is 6.75. The van der Waals surface area contributed by atoms with Crippen molar-refractivity contribution in [3.63, 3.8) is 0 Å². The number of rotatable bonds is 6. The molecule has 3 rings (SSSR count). The minimum absolute atomic E-state index is 0.350. The monoisotopic (exact) mass is 428 g/mol. The Bertz CT molecular complexity index is 697. The number of aliphatic hydroxyl groups excluding tert-OH is 6. The van der Waals surface area contributed by atoms with Crippen LogP contribution in [-0.4, -0.2) is 98.7 Å². The molecule has 10 heteroatoms. The van der Waals surface area contributed by atoms with Crippen LogP contribution in [0.25, 0.3) is 6.08 Å². The Morgan fingerprint density at radius 3 is 2.07 bits per heavy atom. The van der Waals surface area contributed by atoms with Crippen LogP contribution in [0.2, 0.25) is 0 Å². The van der Waals surface area contributed by atoms with Gasteiger partial charge in [0.1, 0.15) is 48.5 Å². The second kappa shape index (κ2) is 9.69. The van der Waals surface area contributed by atoms with Gasteiger partial charge in [-0.05, 0) is 24.6 Å². The molecule has 2 aliphatic rings. The van der Waals surface area contributed by atoms with Gasteiger partial charge in [0.05, 0.1) is 12.7 Å². The molecule has 0 spiro atoms. The summed E-state index contributed by atoms with van der Waals surface area (Å²) in [7, 11) is 0. The van der Waals surface area contributed by atoms with Crippen LogP contribution in [0, 0.1) is 0 Å². The fourth-order valence-corrected chi connectivity index (χ4v) is 3.31. The quantitative estimate of drug-likeness (QED) is 0.310. The highest BCUT2D eigenvalue weighted by molar-refractivity contribution is 5.48. The van der Waals surface area contributed by atoms with Crippen molar-refractivity contribution in [1.29, 1.82) is 0 Å². The Balaban J connectivity index is 1.63. The van der Waals surface area contributed by atoms with Gasteiger partial charge in [0.15, 0.2) is 6.29 Å². The van der Waals surface area contributed by atoms with Crippen LogP contribution < -0.4 is 4.74 Å². The molecule has 1 aromatic rings. The maximum Gasteiger partial charge on any atom is 0.229 e. The number of benzene rings is 1. The van der Waals surface area contributed by atoms with E-state index < -0.39 is 61.4 Å². The van der Waals surface area contributed by atoms with Crippen molar-refractivity contribution in [1.82, 2.24) is 0 Å². The zero-order valence-corrected chi connectivity index (χ0v) is 16.4. The van der Waals surface area contributed by atoms with Crippen LogP contribution in [0.1, 0.15) is 12.5 Å². The molecule has 2 aliphatic heterocycles. The van der Waals surface area contributed by atoms with Gasteiger partial charge in [-0.3, -0.25) is 0 Å². The molecule has 10 nitrogen and oxygen atoms in total. The van der Waals surface area contributed by atoms with Crippen molar-refractivity contribution >= 4 is 6.08 Å².